The number of hydrogen-bond donors (Lipinski definition) is 1. The summed E-state index contributed by atoms with van der Waals surface area (Å²) in [6, 6.07) is 7.29. The number of quaternary nitrogens is 1. The van der Waals surface area contributed by atoms with Crippen molar-refractivity contribution >= 4 is 7.82 Å². The number of benzene rings is 2. The summed E-state index contributed by atoms with van der Waals surface area (Å²) in [7, 11) is 7.63. The van der Waals surface area contributed by atoms with Crippen LogP contribution in [0.4, 0.5) is 0 Å². The van der Waals surface area contributed by atoms with Gasteiger partial charge >= 0.3 is 7.82 Å². The van der Waals surface area contributed by atoms with Gasteiger partial charge in [-0.25, -0.2) is 4.57 Å². The average molecular weight is 627 g/mol. The lowest BCUT2D eigenvalue weighted by atomic mass is 10.0. The summed E-state index contributed by atoms with van der Waals surface area (Å²) in [6.45, 7) is 3.19. The Morgan fingerprint density at radius 2 is 1.33 bits per heavy atom. The van der Waals surface area contributed by atoms with Gasteiger partial charge in [0.25, 0.3) is 0 Å². The summed E-state index contributed by atoms with van der Waals surface area (Å²) in [5, 5.41) is 0. The molecular weight excluding hydrogens is 577 g/mol. The molecule has 1 N–H and O–H groups in total. The third-order valence-corrected chi connectivity index (χ3v) is 8.12. The summed E-state index contributed by atoms with van der Waals surface area (Å²) < 4.78 is 59.2. The van der Waals surface area contributed by atoms with Gasteiger partial charge in [-0.05, 0) is 54.7 Å². The van der Waals surface area contributed by atoms with Crippen LogP contribution in [-0.2, 0) is 13.8 Å². The van der Waals surface area contributed by atoms with Crippen molar-refractivity contribution < 1.29 is 51.4 Å². The second-order valence-electron chi connectivity index (χ2n) is 11.5. The largest absolute Gasteiger partial charge is 0.527 e. The Morgan fingerprint density at radius 3 is 1.84 bits per heavy atom. The molecule has 0 spiro atoms. The van der Waals surface area contributed by atoms with Gasteiger partial charge in [-0.1, -0.05) is 26.2 Å². The van der Waals surface area contributed by atoms with E-state index in [2.05, 4.69) is 6.92 Å². The van der Waals surface area contributed by atoms with Crippen molar-refractivity contribution in [3.05, 3.63) is 35.4 Å². The van der Waals surface area contributed by atoms with E-state index >= 15 is 0 Å². The summed E-state index contributed by atoms with van der Waals surface area (Å²) in [5.41, 5.74) is 1.63. The van der Waals surface area contributed by atoms with Crippen molar-refractivity contribution in [3.8, 4) is 34.5 Å². The summed E-state index contributed by atoms with van der Waals surface area (Å²) in [6.07, 6.45) is 4.98. The number of nitrogens with zero attached hydrogens (tertiary/aromatic N) is 1. The highest BCUT2D eigenvalue weighted by molar-refractivity contribution is 7.47. The number of methoxy groups -OCH3 is 4. The zero-order valence-electron chi connectivity index (χ0n) is 26.8. The fourth-order valence-electron chi connectivity index (χ4n) is 4.87. The zero-order valence-corrected chi connectivity index (χ0v) is 27.7. The molecule has 1 fully saturated rings. The fraction of sp³-hybridized carbons (Fsp3) is 0.613. The van der Waals surface area contributed by atoms with Crippen molar-refractivity contribution in [2.45, 2.75) is 57.7 Å². The molecule has 0 radical (unpaired) electrons. The monoisotopic (exact) mass is 626 g/mol. The molecule has 0 aromatic heterocycles. The smallest absolute Gasteiger partial charge is 0.493 e. The third kappa shape index (κ3) is 9.91. The number of rotatable bonds is 18. The second-order valence-corrected chi connectivity index (χ2v) is 12.9. The molecule has 1 aliphatic heterocycles. The first kappa shape index (κ1) is 34.8. The van der Waals surface area contributed by atoms with Gasteiger partial charge < -0.3 is 37.4 Å². The minimum absolute atomic E-state index is 0.0439. The SMILES string of the molecule is CCCCCCOc1cc([C@@H]2CC[C@@H](c3cc(OC)c(OC)c(OC)c3)O2)cc(OP(=O)(O)OCC[N+](C)(C)C)c1OC. The first-order valence-electron chi connectivity index (χ1n) is 14.7. The van der Waals surface area contributed by atoms with E-state index in [1.165, 1.54) is 7.11 Å². The quantitative estimate of drug-likeness (QED) is 0.112. The molecule has 1 aliphatic rings. The average Bonchev–Trinajstić information content (AvgIpc) is 3.45. The van der Waals surface area contributed by atoms with Crippen LogP contribution in [0.15, 0.2) is 24.3 Å². The Labute approximate surface area is 256 Å². The third-order valence-electron chi connectivity index (χ3n) is 7.18. The van der Waals surface area contributed by atoms with Gasteiger partial charge in [-0.3, -0.25) is 9.42 Å². The number of hydrogen-bond acceptors (Lipinski definition) is 9. The molecule has 2 aromatic carbocycles. The van der Waals surface area contributed by atoms with Crippen LogP contribution in [-0.4, -0.2) is 78.7 Å². The van der Waals surface area contributed by atoms with Crippen molar-refractivity contribution in [1.82, 2.24) is 0 Å². The topological polar surface area (TPSA) is 111 Å². The fourth-order valence-corrected chi connectivity index (χ4v) is 5.61. The lowest BCUT2D eigenvalue weighted by Crippen LogP contribution is -2.37. The zero-order chi connectivity index (χ0) is 31.6. The molecule has 43 heavy (non-hydrogen) atoms. The van der Waals surface area contributed by atoms with Crippen LogP contribution in [0.25, 0.3) is 0 Å². The maximum absolute atomic E-state index is 13.0. The Hall–Kier alpha value is -2.69. The van der Waals surface area contributed by atoms with Crippen LogP contribution in [0, 0.1) is 0 Å². The Morgan fingerprint density at radius 1 is 0.791 bits per heavy atom. The van der Waals surface area contributed by atoms with Crippen LogP contribution in [0.5, 0.6) is 34.5 Å². The number of phosphoric acid groups is 1. The van der Waals surface area contributed by atoms with Gasteiger partial charge in [0.1, 0.15) is 13.2 Å². The Balaban J connectivity index is 1.90. The van der Waals surface area contributed by atoms with E-state index in [0.29, 0.717) is 47.1 Å². The molecule has 3 rings (SSSR count). The molecule has 0 saturated carbocycles. The lowest BCUT2D eigenvalue weighted by molar-refractivity contribution is -0.870. The van der Waals surface area contributed by atoms with E-state index in [0.717, 1.165) is 43.2 Å². The molecule has 0 bridgehead atoms. The first-order valence-corrected chi connectivity index (χ1v) is 16.2. The van der Waals surface area contributed by atoms with E-state index in [4.69, 9.17) is 37.5 Å². The molecule has 1 unspecified atom stereocenters. The van der Waals surface area contributed by atoms with Crippen LogP contribution in [0.1, 0.15) is 68.8 Å². The predicted molar refractivity (Wildman–Crippen MR) is 164 cm³/mol. The summed E-state index contributed by atoms with van der Waals surface area (Å²) in [5.74, 6) is 2.30. The Bertz CT molecular complexity index is 1210. The molecule has 12 heteroatoms. The number of phosphoric ester groups is 1. The molecule has 1 saturated heterocycles. The van der Waals surface area contributed by atoms with Gasteiger partial charge in [0, 0.05) is 0 Å². The van der Waals surface area contributed by atoms with Crippen LogP contribution < -0.4 is 28.2 Å². The summed E-state index contributed by atoms with van der Waals surface area (Å²) in [4.78, 5) is 10.6. The number of likely N-dealkylation sites (N-methyl/N-ethyl adjacent to an activating group) is 1. The van der Waals surface area contributed by atoms with E-state index in [1.807, 2.05) is 39.3 Å². The van der Waals surface area contributed by atoms with Crippen molar-refractivity contribution in [1.29, 1.82) is 0 Å². The van der Waals surface area contributed by atoms with Gasteiger partial charge in [0.15, 0.2) is 23.0 Å². The maximum atomic E-state index is 13.0. The van der Waals surface area contributed by atoms with Crippen molar-refractivity contribution in [2.75, 3.05) is 69.3 Å². The van der Waals surface area contributed by atoms with Crippen molar-refractivity contribution in [2.24, 2.45) is 0 Å². The van der Waals surface area contributed by atoms with Crippen LogP contribution in [0.2, 0.25) is 0 Å². The second kappa shape index (κ2) is 15.9. The minimum Gasteiger partial charge on any atom is -0.493 e. The van der Waals surface area contributed by atoms with Gasteiger partial charge in [-0.15, -0.1) is 0 Å². The van der Waals surface area contributed by atoms with Gasteiger partial charge in [0.05, 0.1) is 68.4 Å². The predicted octanol–water partition coefficient (Wildman–Crippen LogP) is 6.47. The standard InChI is InChI=1S/C31H48NO10P/c1-9-10-11-12-16-39-28-20-23(21-29(31(28)38-8)42-43(33,34)40-17-15-32(2,3)4)25-14-13-24(41-25)22-18-26(35-5)30(37-7)27(19-22)36-6/h18-21,24-25H,9-17H2,1-8H3/p+1/t24-,25-/m0/s1. The Kier molecular flexibility index (Phi) is 12.8. The highest BCUT2D eigenvalue weighted by Crippen LogP contribution is 2.52. The summed E-state index contributed by atoms with van der Waals surface area (Å²) >= 11 is 0. The van der Waals surface area contributed by atoms with E-state index in [9.17, 15) is 9.46 Å². The first-order chi connectivity index (χ1) is 20.4. The maximum Gasteiger partial charge on any atom is 0.527 e. The number of ether oxygens (including phenoxy) is 6. The number of unbranched alkanes of at least 4 members (excludes halogenated alkanes) is 3. The molecule has 0 aliphatic carbocycles. The molecule has 11 nitrogen and oxygen atoms in total. The molecule has 1 heterocycles. The highest BCUT2D eigenvalue weighted by Gasteiger charge is 2.33. The van der Waals surface area contributed by atoms with Crippen LogP contribution >= 0.6 is 7.82 Å². The molecular formula is C31H49NO10P+. The van der Waals surface area contributed by atoms with E-state index < -0.39 is 7.82 Å². The van der Waals surface area contributed by atoms with Crippen molar-refractivity contribution in [3.63, 3.8) is 0 Å². The molecule has 0 amide bonds. The highest BCUT2D eigenvalue weighted by atomic mass is 31.2. The minimum atomic E-state index is -4.46. The molecule has 242 valence electrons. The van der Waals surface area contributed by atoms with E-state index in [-0.39, 0.29) is 30.3 Å². The lowest BCUT2D eigenvalue weighted by Gasteiger charge is -2.24. The normalized spacial score (nSPS) is 18.2. The molecule has 3 atom stereocenters. The molecule has 2 aromatic rings. The van der Waals surface area contributed by atoms with Gasteiger partial charge in [-0.2, -0.15) is 0 Å². The van der Waals surface area contributed by atoms with E-state index in [1.54, 1.807) is 27.4 Å². The van der Waals surface area contributed by atoms with Gasteiger partial charge in [0.2, 0.25) is 11.5 Å². The van der Waals surface area contributed by atoms with Crippen LogP contribution in [0.3, 0.4) is 0 Å².